The van der Waals surface area contributed by atoms with E-state index in [0.29, 0.717) is 17.9 Å². The summed E-state index contributed by atoms with van der Waals surface area (Å²) in [6.45, 7) is 5.23. The van der Waals surface area contributed by atoms with Gasteiger partial charge >= 0.3 is 0 Å². The van der Waals surface area contributed by atoms with Gasteiger partial charge in [0.05, 0.1) is 25.5 Å². The molecule has 6 nitrogen and oxygen atoms in total. The summed E-state index contributed by atoms with van der Waals surface area (Å²) in [5.74, 6) is 1.48. The highest BCUT2D eigenvalue weighted by Gasteiger charge is 2.19. The lowest BCUT2D eigenvalue weighted by molar-refractivity contribution is 0.0946. The second-order valence-corrected chi connectivity index (χ2v) is 7.46. The Morgan fingerprint density at radius 3 is 2.54 bits per heavy atom. The van der Waals surface area contributed by atoms with E-state index in [9.17, 15) is 4.79 Å². The Bertz CT molecular complexity index is 807. The maximum absolute atomic E-state index is 12.4. The van der Waals surface area contributed by atoms with Gasteiger partial charge in [0.1, 0.15) is 11.5 Å². The summed E-state index contributed by atoms with van der Waals surface area (Å²) in [6.07, 6.45) is 0. The van der Waals surface area contributed by atoms with Crippen LogP contribution in [0.4, 0.5) is 5.69 Å². The van der Waals surface area contributed by atoms with Crippen molar-refractivity contribution in [3.05, 3.63) is 52.5 Å². The molecule has 0 radical (unpaired) electrons. The maximum Gasteiger partial charge on any atom is 0.252 e. The van der Waals surface area contributed by atoms with Crippen LogP contribution >= 0.6 is 15.9 Å². The van der Waals surface area contributed by atoms with E-state index < -0.39 is 0 Å². The normalized spacial score (nSPS) is 14.6. The first-order valence-electron chi connectivity index (χ1n) is 9.34. The molecule has 1 fully saturated rings. The number of carbonyl (C=O) groups excluding carboxylic acids is 1. The molecule has 1 aliphatic heterocycles. The molecular formula is C21H26BrN3O3. The monoisotopic (exact) mass is 447 g/mol. The quantitative estimate of drug-likeness (QED) is 0.706. The number of amides is 1. The third kappa shape index (κ3) is 4.97. The largest absolute Gasteiger partial charge is 0.497 e. The number of nitrogens with zero attached hydrogens (tertiary/aromatic N) is 2. The molecule has 2 aromatic carbocycles. The van der Waals surface area contributed by atoms with E-state index in [-0.39, 0.29) is 5.91 Å². The van der Waals surface area contributed by atoms with Gasteiger partial charge in [0.2, 0.25) is 0 Å². The van der Waals surface area contributed by atoms with Crippen LogP contribution < -0.4 is 19.7 Å². The van der Waals surface area contributed by atoms with Gasteiger partial charge in [-0.25, -0.2) is 0 Å². The van der Waals surface area contributed by atoms with E-state index in [4.69, 9.17) is 9.47 Å². The first kappa shape index (κ1) is 20.5. The van der Waals surface area contributed by atoms with Crippen molar-refractivity contribution in [1.29, 1.82) is 0 Å². The summed E-state index contributed by atoms with van der Waals surface area (Å²) >= 11 is 3.43. The minimum atomic E-state index is -0.0987. The number of hydrogen-bond donors (Lipinski definition) is 1. The molecule has 0 aromatic heterocycles. The second kappa shape index (κ2) is 9.80. The summed E-state index contributed by atoms with van der Waals surface area (Å²) in [5.41, 5.74) is 1.72. The molecule has 0 aliphatic carbocycles. The van der Waals surface area contributed by atoms with E-state index in [1.54, 1.807) is 20.3 Å². The molecule has 2 aromatic rings. The van der Waals surface area contributed by atoms with Crippen LogP contribution in [0.2, 0.25) is 0 Å². The Labute approximate surface area is 174 Å². The van der Waals surface area contributed by atoms with Gasteiger partial charge in [0.15, 0.2) is 0 Å². The van der Waals surface area contributed by atoms with Crippen molar-refractivity contribution in [3.8, 4) is 11.5 Å². The van der Waals surface area contributed by atoms with Crippen molar-refractivity contribution in [1.82, 2.24) is 10.2 Å². The number of carbonyl (C=O) groups is 1. The Morgan fingerprint density at radius 2 is 1.82 bits per heavy atom. The van der Waals surface area contributed by atoms with E-state index >= 15 is 0 Å². The van der Waals surface area contributed by atoms with Crippen LogP contribution in [-0.2, 0) is 0 Å². The number of benzene rings is 2. The fraction of sp³-hybridized carbons (Fsp3) is 0.381. The van der Waals surface area contributed by atoms with Crippen molar-refractivity contribution < 1.29 is 14.3 Å². The zero-order valence-electron chi connectivity index (χ0n) is 16.3. The average molecular weight is 448 g/mol. The summed E-state index contributed by atoms with van der Waals surface area (Å²) in [6, 6.07) is 13.5. The molecule has 1 aliphatic rings. The number of ether oxygens (including phenoxy) is 2. The van der Waals surface area contributed by atoms with Crippen molar-refractivity contribution in [2.75, 3.05) is 58.4 Å². The van der Waals surface area contributed by atoms with Crippen molar-refractivity contribution in [3.63, 3.8) is 0 Å². The number of piperazine rings is 1. The Hall–Kier alpha value is -2.25. The molecule has 1 saturated heterocycles. The van der Waals surface area contributed by atoms with Gasteiger partial charge in [-0.05, 0) is 46.3 Å². The number of nitrogens with one attached hydrogen (secondary N) is 1. The van der Waals surface area contributed by atoms with Gasteiger partial charge in [0, 0.05) is 43.7 Å². The van der Waals surface area contributed by atoms with E-state index in [1.807, 2.05) is 30.3 Å². The van der Waals surface area contributed by atoms with E-state index in [0.717, 1.165) is 48.6 Å². The Kier molecular flexibility index (Phi) is 7.17. The van der Waals surface area contributed by atoms with Crippen LogP contribution in [-0.4, -0.2) is 64.3 Å². The molecule has 7 heteroatoms. The molecule has 150 valence electrons. The SMILES string of the molecule is COc1ccc(Br)c(C(=O)NCCN2CCN(c3ccccc3OC)CC2)c1. The number of halogens is 1. The maximum atomic E-state index is 12.4. The number of methoxy groups -OCH3 is 2. The number of para-hydroxylation sites is 2. The molecule has 3 rings (SSSR count). The van der Waals surface area contributed by atoms with Gasteiger partial charge in [-0.15, -0.1) is 0 Å². The van der Waals surface area contributed by atoms with E-state index in [2.05, 4.69) is 37.1 Å². The Morgan fingerprint density at radius 1 is 1.07 bits per heavy atom. The highest BCUT2D eigenvalue weighted by atomic mass is 79.9. The molecule has 1 amide bonds. The zero-order chi connectivity index (χ0) is 19.9. The minimum absolute atomic E-state index is 0.0987. The molecule has 28 heavy (non-hydrogen) atoms. The van der Waals surface area contributed by atoms with Gasteiger partial charge in [-0.3, -0.25) is 9.69 Å². The van der Waals surface area contributed by atoms with Crippen LogP contribution in [0.25, 0.3) is 0 Å². The van der Waals surface area contributed by atoms with Crippen LogP contribution in [0.15, 0.2) is 46.9 Å². The van der Waals surface area contributed by atoms with Crippen molar-refractivity contribution >= 4 is 27.5 Å². The molecule has 0 spiro atoms. The molecular weight excluding hydrogens is 422 g/mol. The molecule has 0 unspecified atom stereocenters. The number of hydrogen-bond acceptors (Lipinski definition) is 5. The fourth-order valence-corrected chi connectivity index (χ4v) is 3.76. The molecule has 0 atom stereocenters. The zero-order valence-corrected chi connectivity index (χ0v) is 17.9. The van der Waals surface area contributed by atoms with Gasteiger partial charge in [-0.2, -0.15) is 0 Å². The topological polar surface area (TPSA) is 54.0 Å². The van der Waals surface area contributed by atoms with Gasteiger partial charge < -0.3 is 19.7 Å². The minimum Gasteiger partial charge on any atom is -0.497 e. The van der Waals surface area contributed by atoms with Crippen LogP contribution in [0, 0.1) is 0 Å². The third-order valence-electron chi connectivity index (χ3n) is 4.93. The van der Waals surface area contributed by atoms with Gasteiger partial charge in [0.25, 0.3) is 5.91 Å². The second-order valence-electron chi connectivity index (χ2n) is 6.60. The smallest absolute Gasteiger partial charge is 0.252 e. The third-order valence-corrected chi connectivity index (χ3v) is 5.62. The molecule has 0 bridgehead atoms. The molecule has 0 saturated carbocycles. The lowest BCUT2D eigenvalue weighted by atomic mass is 10.2. The molecule has 1 heterocycles. The lowest BCUT2D eigenvalue weighted by Gasteiger charge is -2.36. The predicted molar refractivity (Wildman–Crippen MR) is 115 cm³/mol. The first-order chi connectivity index (χ1) is 13.6. The molecule has 1 N–H and O–H groups in total. The standard InChI is InChI=1S/C21H26BrN3O3/c1-27-16-7-8-18(22)17(15-16)21(26)23-9-10-24-11-13-25(14-12-24)19-5-3-4-6-20(19)28-2/h3-8,15H,9-14H2,1-2H3,(H,23,26). The summed E-state index contributed by atoms with van der Waals surface area (Å²) < 4.78 is 11.4. The lowest BCUT2D eigenvalue weighted by Crippen LogP contribution is -2.48. The van der Waals surface area contributed by atoms with Crippen LogP contribution in [0.5, 0.6) is 11.5 Å². The van der Waals surface area contributed by atoms with Gasteiger partial charge in [-0.1, -0.05) is 12.1 Å². The highest BCUT2D eigenvalue weighted by Crippen LogP contribution is 2.28. The van der Waals surface area contributed by atoms with E-state index in [1.165, 1.54) is 0 Å². The summed E-state index contributed by atoms with van der Waals surface area (Å²) in [5, 5.41) is 3.00. The number of rotatable bonds is 7. The van der Waals surface area contributed by atoms with Crippen molar-refractivity contribution in [2.45, 2.75) is 0 Å². The average Bonchev–Trinajstić information content (AvgIpc) is 2.74. The summed E-state index contributed by atoms with van der Waals surface area (Å²) in [7, 11) is 3.30. The first-order valence-corrected chi connectivity index (χ1v) is 10.1. The fourth-order valence-electron chi connectivity index (χ4n) is 3.33. The van der Waals surface area contributed by atoms with Crippen LogP contribution in [0.1, 0.15) is 10.4 Å². The predicted octanol–water partition coefficient (Wildman–Crippen LogP) is 3.02. The summed E-state index contributed by atoms with van der Waals surface area (Å²) in [4.78, 5) is 17.2. The highest BCUT2D eigenvalue weighted by molar-refractivity contribution is 9.10. The number of anilines is 1. The van der Waals surface area contributed by atoms with Crippen LogP contribution in [0.3, 0.4) is 0 Å². The van der Waals surface area contributed by atoms with Crippen molar-refractivity contribution in [2.24, 2.45) is 0 Å². The Balaban J connectivity index is 1.46.